The summed E-state index contributed by atoms with van der Waals surface area (Å²) in [7, 11) is 0. The molecule has 4 heteroatoms. The van der Waals surface area contributed by atoms with Crippen molar-refractivity contribution >= 4 is 5.78 Å². The first-order chi connectivity index (χ1) is 8.31. The van der Waals surface area contributed by atoms with Gasteiger partial charge >= 0.3 is 0 Å². The van der Waals surface area contributed by atoms with Crippen molar-refractivity contribution in [3.8, 4) is 11.8 Å². The highest BCUT2D eigenvalue weighted by Crippen LogP contribution is 2.22. The highest BCUT2D eigenvalue weighted by molar-refractivity contribution is 6.00. The van der Waals surface area contributed by atoms with Crippen molar-refractivity contribution in [1.29, 1.82) is 0 Å². The van der Waals surface area contributed by atoms with Crippen LogP contribution in [0.25, 0.3) is 10.4 Å². The first-order valence-electron chi connectivity index (χ1n) is 5.47. The van der Waals surface area contributed by atoms with Gasteiger partial charge in [0.15, 0.2) is 5.78 Å². The van der Waals surface area contributed by atoms with Crippen LogP contribution < -0.4 is 0 Å². The monoisotopic (exact) mass is 225 g/mol. The minimum Gasteiger partial charge on any atom is -0.294 e. The number of rotatable bonds is 2. The third kappa shape index (κ3) is 2.66. The summed E-state index contributed by atoms with van der Waals surface area (Å²) < 4.78 is 0. The maximum atomic E-state index is 11.5. The summed E-state index contributed by atoms with van der Waals surface area (Å²) in [4.78, 5) is 14.2. The number of nitrogens with zero attached hydrogens (tertiary/aromatic N) is 3. The van der Waals surface area contributed by atoms with E-state index in [0.29, 0.717) is 19.4 Å². The lowest BCUT2D eigenvalue weighted by Crippen LogP contribution is -1.91. The molecule has 0 saturated carbocycles. The zero-order valence-corrected chi connectivity index (χ0v) is 9.31. The number of hydrogen-bond acceptors (Lipinski definition) is 2. The van der Waals surface area contributed by atoms with Gasteiger partial charge in [-0.2, -0.15) is 0 Å². The van der Waals surface area contributed by atoms with E-state index in [0.717, 1.165) is 23.1 Å². The molecule has 0 amide bonds. The molecule has 0 radical (unpaired) electrons. The molecule has 0 bridgehead atoms. The Morgan fingerprint density at radius 1 is 1.41 bits per heavy atom. The highest BCUT2D eigenvalue weighted by Gasteiger charge is 2.18. The Morgan fingerprint density at radius 3 is 3.12 bits per heavy atom. The fraction of sp³-hybridized carbons (Fsp3) is 0.308. The lowest BCUT2D eigenvalue weighted by molar-refractivity contribution is 0.0994. The molecule has 1 aliphatic carbocycles. The molecule has 0 saturated heterocycles. The van der Waals surface area contributed by atoms with E-state index in [1.54, 1.807) is 0 Å². The predicted molar refractivity (Wildman–Crippen MR) is 64.6 cm³/mol. The Balaban J connectivity index is 2.10. The molecule has 0 heterocycles. The van der Waals surface area contributed by atoms with Gasteiger partial charge in [-0.3, -0.25) is 4.79 Å². The third-order valence-corrected chi connectivity index (χ3v) is 2.66. The second kappa shape index (κ2) is 5.20. The zero-order chi connectivity index (χ0) is 12.1. The van der Waals surface area contributed by atoms with Crippen LogP contribution in [0, 0.1) is 11.8 Å². The molecule has 84 valence electrons. The molecule has 1 aromatic rings. The molecule has 0 aromatic heterocycles. The quantitative estimate of drug-likeness (QED) is 0.251. The van der Waals surface area contributed by atoms with Crippen LogP contribution in [0.4, 0.5) is 0 Å². The van der Waals surface area contributed by atoms with Crippen LogP contribution in [0.5, 0.6) is 0 Å². The lowest BCUT2D eigenvalue weighted by atomic mass is 10.1. The largest absolute Gasteiger partial charge is 0.294 e. The maximum Gasteiger partial charge on any atom is 0.163 e. The third-order valence-electron chi connectivity index (χ3n) is 2.66. The molecule has 4 nitrogen and oxygen atoms in total. The number of azide groups is 1. The SMILES string of the molecule is [N-]=[N+]=NCCC#Cc1ccc2c(c1)C(=O)CC2. The van der Waals surface area contributed by atoms with E-state index in [2.05, 4.69) is 21.9 Å². The molecule has 0 atom stereocenters. The van der Waals surface area contributed by atoms with Crippen molar-refractivity contribution in [3.63, 3.8) is 0 Å². The minimum absolute atomic E-state index is 0.206. The van der Waals surface area contributed by atoms with Crippen LogP contribution in [0.1, 0.15) is 34.3 Å². The standard InChI is InChI=1S/C13H11N3O/c14-16-15-8-2-1-3-10-4-5-11-6-7-13(17)12(11)9-10/h4-5,9H,2,6-8H2. The van der Waals surface area contributed by atoms with Crippen LogP contribution in [-0.4, -0.2) is 12.3 Å². The molecule has 0 fully saturated rings. The molecule has 0 aliphatic heterocycles. The van der Waals surface area contributed by atoms with Gasteiger partial charge in [0.2, 0.25) is 0 Å². The molecule has 2 rings (SSSR count). The summed E-state index contributed by atoms with van der Waals surface area (Å²) >= 11 is 0. The minimum atomic E-state index is 0.206. The van der Waals surface area contributed by atoms with Crippen LogP contribution >= 0.6 is 0 Å². The number of carbonyl (C=O) groups excluding carboxylic acids is 1. The summed E-state index contributed by atoms with van der Waals surface area (Å²) in [5.74, 6) is 6.09. The van der Waals surface area contributed by atoms with E-state index in [9.17, 15) is 4.79 Å². The summed E-state index contributed by atoms with van der Waals surface area (Å²) in [6.45, 7) is 0.382. The first kappa shape index (κ1) is 11.3. The number of Topliss-reactive ketones (excluding diaryl/α,β-unsaturated/α-hetero) is 1. The first-order valence-corrected chi connectivity index (χ1v) is 5.47. The molecule has 17 heavy (non-hydrogen) atoms. The van der Waals surface area contributed by atoms with Gasteiger partial charge in [-0.25, -0.2) is 0 Å². The van der Waals surface area contributed by atoms with Gasteiger partial charge in [-0.15, -0.1) is 0 Å². The van der Waals surface area contributed by atoms with Gasteiger partial charge < -0.3 is 0 Å². The average molecular weight is 225 g/mol. The molecule has 0 spiro atoms. The lowest BCUT2D eigenvalue weighted by Gasteiger charge is -1.97. The second-order valence-electron chi connectivity index (χ2n) is 3.80. The van der Waals surface area contributed by atoms with Gasteiger partial charge in [0.05, 0.1) is 0 Å². The van der Waals surface area contributed by atoms with Crippen LogP contribution in [0.3, 0.4) is 0 Å². The summed E-state index contributed by atoms with van der Waals surface area (Å²) in [6.07, 6.45) is 2.00. The Morgan fingerprint density at radius 2 is 2.29 bits per heavy atom. The normalized spacial score (nSPS) is 12.4. The maximum absolute atomic E-state index is 11.5. The van der Waals surface area contributed by atoms with Crippen molar-refractivity contribution in [3.05, 3.63) is 45.3 Å². The molecule has 0 N–H and O–H groups in total. The van der Waals surface area contributed by atoms with E-state index in [-0.39, 0.29) is 5.78 Å². The smallest absolute Gasteiger partial charge is 0.163 e. The Kier molecular flexibility index (Phi) is 3.44. The second-order valence-corrected chi connectivity index (χ2v) is 3.80. The van der Waals surface area contributed by atoms with E-state index in [1.165, 1.54) is 0 Å². The number of aryl methyl sites for hydroxylation is 1. The van der Waals surface area contributed by atoms with E-state index >= 15 is 0 Å². The molecular formula is C13H11N3O. The van der Waals surface area contributed by atoms with Crippen LogP contribution in [-0.2, 0) is 6.42 Å². The van der Waals surface area contributed by atoms with E-state index in [4.69, 9.17) is 5.53 Å². The van der Waals surface area contributed by atoms with Gasteiger partial charge in [0.25, 0.3) is 0 Å². The number of fused-ring (bicyclic) bond motifs is 1. The molecule has 1 aliphatic rings. The fourth-order valence-electron chi connectivity index (χ4n) is 1.83. The van der Waals surface area contributed by atoms with Crippen molar-refractivity contribution in [2.75, 3.05) is 6.54 Å². The number of benzene rings is 1. The number of carbonyl (C=O) groups is 1. The van der Waals surface area contributed by atoms with Gasteiger partial charge in [0.1, 0.15) is 0 Å². The number of ketones is 1. The molecular weight excluding hydrogens is 214 g/mol. The van der Waals surface area contributed by atoms with Crippen molar-refractivity contribution in [2.45, 2.75) is 19.3 Å². The Bertz CT molecular complexity index is 560. The van der Waals surface area contributed by atoms with Crippen molar-refractivity contribution in [1.82, 2.24) is 0 Å². The topological polar surface area (TPSA) is 65.8 Å². The average Bonchev–Trinajstić information content (AvgIpc) is 2.71. The fourth-order valence-corrected chi connectivity index (χ4v) is 1.83. The van der Waals surface area contributed by atoms with Crippen molar-refractivity contribution < 1.29 is 4.79 Å². The summed E-state index contributed by atoms with van der Waals surface area (Å²) in [6, 6.07) is 5.75. The van der Waals surface area contributed by atoms with Gasteiger partial charge in [0, 0.05) is 35.4 Å². The molecule has 0 unspecified atom stereocenters. The molecule has 1 aromatic carbocycles. The Labute approximate surface area is 99.3 Å². The predicted octanol–water partition coefficient (Wildman–Crippen LogP) is 2.87. The van der Waals surface area contributed by atoms with Crippen molar-refractivity contribution in [2.24, 2.45) is 5.11 Å². The van der Waals surface area contributed by atoms with E-state index < -0.39 is 0 Å². The van der Waals surface area contributed by atoms with Crippen LogP contribution in [0.15, 0.2) is 23.3 Å². The van der Waals surface area contributed by atoms with Gasteiger partial charge in [-0.05, 0) is 29.6 Å². The highest BCUT2D eigenvalue weighted by atomic mass is 16.1. The zero-order valence-electron chi connectivity index (χ0n) is 9.31. The summed E-state index contributed by atoms with van der Waals surface area (Å²) in [5.41, 5.74) is 10.9. The Hall–Kier alpha value is -2.24. The van der Waals surface area contributed by atoms with Gasteiger partial charge in [-0.1, -0.05) is 23.0 Å². The number of hydrogen-bond donors (Lipinski definition) is 0. The van der Waals surface area contributed by atoms with Crippen LogP contribution in [0.2, 0.25) is 0 Å². The summed E-state index contributed by atoms with van der Waals surface area (Å²) in [5, 5.41) is 3.40. The van der Waals surface area contributed by atoms with E-state index in [1.807, 2.05) is 18.2 Å².